The summed E-state index contributed by atoms with van der Waals surface area (Å²) < 4.78 is 0. The van der Waals surface area contributed by atoms with Crippen molar-refractivity contribution < 1.29 is 5.11 Å². The van der Waals surface area contributed by atoms with Crippen LogP contribution in [0, 0.1) is 0 Å². The lowest BCUT2D eigenvalue weighted by molar-refractivity contribution is 0.147. The van der Waals surface area contributed by atoms with E-state index in [0.29, 0.717) is 0 Å². The number of hydrogen-bond acceptors (Lipinski definition) is 1. The Balaban J connectivity index is 3.17. The number of aliphatic hydroxyl groups is 1. The van der Waals surface area contributed by atoms with Crippen LogP contribution in [0.3, 0.4) is 0 Å². The molecule has 0 aromatic carbocycles. The molecule has 1 heteroatoms. The van der Waals surface area contributed by atoms with E-state index in [-0.39, 0.29) is 6.10 Å². The van der Waals surface area contributed by atoms with E-state index in [1.54, 1.807) is 0 Å². The van der Waals surface area contributed by atoms with Gasteiger partial charge in [0.1, 0.15) is 0 Å². The molecular weight excluding hydrogens is 232 g/mol. The number of rotatable bonds is 14. The molecule has 112 valence electrons. The Hall–Kier alpha value is -0.560. The van der Waals surface area contributed by atoms with E-state index in [0.717, 1.165) is 19.3 Å². The summed E-state index contributed by atoms with van der Waals surface area (Å²) in [4.78, 5) is 0. The largest absolute Gasteiger partial charge is 0.393 e. The molecule has 0 aliphatic heterocycles. The highest BCUT2D eigenvalue weighted by molar-refractivity contribution is 4.96. The van der Waals surface area contributed by atoms with Crippen LogP contribution in [-0.4, -0.2) is 11.2 Å². The second kappa shape index (κ2) is 15.5. The average Bonchev–Trinajstić information content (AvgIpc) is 2.41. The summed E-state index contributed by atoms with van der Waals surface area (Å²) in [6.45, 7) is 5.89. The Morgan fingerprint density at radius 3 is 2.05 bits per heavy atom. The first-order valence-corrected chi connectivity index (χ1v) is 8.26. The lowest BCUT2D eigenvalue weighted by Gasteiger charge is -2.10. The third-order valence-electron chi connectivity index (χ3n) is 3.57. The normalized spacial score (nSPS) is 12.9. The minimum Gasteiger partial charge on any atom is -0.393 e. The van der Waals surface area contributed by atoms with Crippen LogP contribution in [-0.2, 0) is 0 Å². The van der Waals surface area contributed by atoms with Crippen molar-refractivity contribution in [2.24, 2.45) is 0 Å². The maximum absolute atomic E-state index is 9.86. The molecule has 0 bridgehead atoms. The molecule has 1 unspecified atom stereocenters. The van der Waals surface area contributed by atoms with Gasteiger partial charge in [0, 0.05) is 0 Å². The predicted molar refractivity (Wildman–Crippen MR) is 86.4 cm³/mol. The first-order chi connectivity index (χ1) is 9.31. The molecule has 1 N–H and O–H groups in total. The van der Waals surface area contributed by atoms with Crippen LogP contribution >= 0.6 is 0 Å². The van der Waals surface area contributed by atoms with E-state index >= 15 is 0 Å². The Morgan fingerprint density at radius 2 is 1.47 bits per heavy atom. The van der Waals surface area contributed by atoms with Crippen molar-refractivity contribution in [2.75, 3.05) is 0 Å². The zero-order chi connectivity index (χ0) is 14.2. The summed E-state index contributed by atoms with van der Waals surface area (Å²) in [5.41, 5.74) is 0. The predicted octanol–water partition coefficient (Wildman–Crippen LogP) is 5.79. The molecule has 0 amide bonds. The van der Waals surface area contributed by atoms with Gasteiger partial charge in [0.2, 0.25) is 0 Å². The summed E-state index contributed by atoms with van der Waals surface area (Å²) in [6, 6.07) is 0. The van der Waals surface area contributed by atoms with Crippen LogP contribution in [0.5, 0.6) is 0 Å². The first-order valence-electron chi connectivity index (χ1n) is 8.26. The monoisotopic (exact) mass is 266 g/mol. The molecule has 0 saturated carbocycles. The van der Waals surface area contributed by atoms with Crippen LogP contribution in [0.15, 0.2) is 24.8 Å². The van der Waals surface area contributed by atoms with Crippen molar-refractivity contribution in [3.8, 4) is 0 Å². The van der Waals surface area contributed by atoms with Gasteiger partial charge in [-0.1, -0.05) is 83.1 Å². The van der Waals surface area contributed by atoms with Crippen molar-refractivity contribution in [3.05, 3.63) is 24.8 Å². The average molecular weight is 266 g/mol. The van der Waals surface area contributed by atoms with Crippen molar-refractivity contribution in [3.63, 3.8) is 0 Å². The van der Waals surface area contributed by atoms with E-state index in [4.69, 9.17) is 0 Å². The van der Waals surface area contributed by atoms with Crippen LogP contribution in [0.1, 0.15) is 84.0 Å². The molecule has 0 aliphatic carbocycles. The maximum atomic E-state index is 9.86. The topological polar surface area (TPSA) is 20.2 Å². The van der Waals surface area contributed by atoms with Crippen LogP contribution < -0.4 is 0 Å². The number of hydrogen-bond donors (Lipinski definition) is 1. The van der Waals surface area contributed by atoms with Crippen LogP contribution in [0.4, 0.5) is 0 Å². The van der Waals surface area contributed by atoms with Gasteiger partial charge in [0.15, 0.2) is 0 Å². The van der Waals surface area contributed by atoms with Crippen molar-refractivity contribution >= 4 is 0 Å². The molecule has 1 atom stereocenters. The van der Waals surface area contributed by atoms with Gasteiger partial charge in [0.25, 0.3) is 0 Å². The molecule has 0 spiro atoms. The highest BCUT2D eigenvalue weighted by Crippen LogP contribution is 2.13. The molecule has 19 heavy (non-hydrogen) atoms. The quantitative estimate of drug-likeness (QED) is 0.311. The van der Waals surface area contributed by atoms with Gasteiger partial charge < -0.3 is 5.11 Å². The Labute approximate surface area is 120 Å². The highest BCUT2D eigenvalue weighted by Gasteiger charge is 2.03. The Bertz CT molecular complexity index is 208. The van der Waals surface area contributed by atoms with Gasteiger partial charge in [0.05, 0.1) is 6.10 Å². The smallest absolute Gasteiger partial charge is 0.0540 e. The van der Waals surface area contributed by atoms with Crippen LogP contribution in [0.2, 0.25) is 0 Å². The first kappa shape index (κ1) is 18.4. The van der Waals surface area contributed by atoms with E-state index in [1.165, 1.54) is 57.8 Å². The standard InChI is InChI=1S/C18H34O/c1-3-5-7-9-10-11-13-15-17-18(19)16-14-12-8-6-4-2/h3,5,7,18-19H,1,4,6,8-17H2,2H3. The molecule has 0 heterocycles. The van der Waals surface area contributed by atoms with Crippen molar-refractivity contribution in [1.82, 2.24) is 0 Å². The second-order valence-electron chi connectivity index (χ2n) is 5.51. The van der Waals surface area contributed by atoms with Gasteiger partial charge >= 0.3 is 0 Å². The summed E-state index contributed by atoms with van der Waals surface area (Å²) in [7, 11) is 0. The molecule has 0 aliphatic rings. The molecule has 0 radical (unpaired) electrons. The van der Waals surface area contributed by atoms with Gasteiger partial charge in [-0.25, -0.2) is 0 Å². The van der Waals surface area contributed by atoms with E-state index in [9.17, 15) is 5.11 Å². The van der Waals surface area contributed by atoms with Gasteiger partial charge in [-0.15, -0.1) is 0 Å². The van der Waals surface area contributed by atoms with Gasteiger partial charge in [-0.3, -0.25) is 0 Å². The molecule has 0 fully saturated rings. The Morgan fingerprint density at radius 1 is 0.895 bits per heavy atom. The number of aliphatic hydroxyl groups excluding tert-OH is 1. The molecule has 0 aromatic heterocycles. The molecule has 0 aromatic rings. The summed E-state index contributed by atoms with van der Waals surface area (Å²) in [5.74, 6) is 0. The van der Waals surface area contributed by atoms with E-state index in [1.807, 2.05) is 12.2 Å². The lowest BCUT2D eigenvalue weighted by Crippen LogP contribution is -2.05. The zero-order valence-electron chi connectivity index (χ0n) is 12.9. The van der Waals surface area contributed by atoms with Crippen molar-refractivity contribution in [2.45, 2.75) is 90.1 Å². The van der Waals surface area contributed by atoms with Crippen molar-refractivity contribution in [1.29, 1.82) is 0 Å². The molecule has 1 nitrogen and oxygen atoms in total. The summed E-state index contributed by atoms with van der Waals surface area (Å²) in [6.07, 6.45) is 20.6. The minimum absolute atomic E-state index is 0.0534. The highest BCUT2D eigenvalue weighted by atomic mass is 16.3. The fourth-order valence-electron chi connectivity index (χ4n) is 2.32. The van der Waals surface area contributed by atoms with Gasteiger partial charge in [-0.05, 0) is 25.7 Å². The fraction of sp³-hybridized carbons (Fsp3) is 0.778. The van der Waals surface area contributed by atoms with Gasteiger partial charge in [-0.2, -0.15) is 0 Å². The molecule has 0 saturated heterocycles. The summed E-state index contributed by atoms with van der Waals surface area (Å²) in [5, 5.41) is 9.86. The number of allylic oxidation sites excluding steroid dienone is 3. The Kier molecular flexibility index (Phi) is 15.0. The van der Waals surface area contributed by atoms with Crippen LogP contribution in [0.25, 0.3) is 0 Å². The fourth-order valence-corrected chi connectivity index (χ4v) is 2.32. The minimum atomic E-state index is -0.0534. The SMILES string of the molecule is C=CC=CCCCCCCC(O)CCCCCCC. The molecular formula is C18H34O. The molecule has 0 rings (SSSR count). The van der Waals surface area contributed by atoms with E-state index < -0.39 is 0 Å². The zero-order valence-corrected chi connectivity index (χ0v) is 12.9. The third-order valence-corrected chi connectivity index (χ3v) is 3.57. The summed E-state index contributed by atoms with van der Waals surface area (Å²) >= 11 is 0. The third kappa shape index (κ3) is 15.4. The number of unbranched alkanes of at least 4 members (excludes halogenated alkanes) is 8. The lowest BCUT2D eigenvalue weighted by atomic mass is 10.0. The second-order valence-corrected chi connectivity index (χ2v) is 5.51. The van der Waals surface area contributed by atoms with E-state index in [2.05, 4.69) is 19.6 Å². The maximum Gasteiger partial charge on any atom is 0.0540 e.